The third-order valence-electron chi connectivity index (χ3n) is 2.84. The van der Waals surface area contributed by atoms with Crippen molar-refractivity contribution in [3.05, 3.63) is 11.6 Å². The summed E-state index contributed by atoms with van der Waals surface area (Å²) in [6, 6.07) is 0. The maximum Gasteiger partial charge on any atom is 0.255 e. The Balaban J connectivity index is 2.48. The van der Waals surface area contributed by atoms with Crippen molar-refractivity contribution in [2.45, 2.75) is 38.5 Å². The first-order chi connectivity index (χ1) is 8.13. The van der Waals surface area contributed by atoms with Gasteiger partial charge in [-0.1, -0.05) is 11.6 Å². The molecule has 0 radical (unpaired) electrons. The highest BCUT2D eigenvalue weighted by Crippen LogP contribution is 2.20. The van der Waals surface area contributed by atoms with Crippen LogP contribution in [0, 0.1) is 0 Å². The Morgan fingerprint density at radius 2 is 2.24 bits per heavy atom. The molecule has 17 heavy (non-hydrogen) atoms. The van der Waals surface area contributed by atoms with E-state index >= 15 is 0 Å². The molecule has 1 aliphatic carbocycles. The van der Waals surface area contributed by atoms with Gasteiger partial charge in [0.05, 0.1) is 13.2 Å². The van der Waals surface area contributed by atoms with Crippen LogP contribution in [0.15, 0.2) is 11.6 Å². The molecule has 3 nitrogen and oxygen atoms in total. The molecule has 0 atom stereocenters. The van der Waals surface area contributed by atoms with E-state index in [4.69, 9.17) is 5.11 Å². The molecule has 0 saturated carbocycles. The summed E-state index contributed by atoms with van der Waals surface area (Å²) in [5.74, 6) is -0.312. The summed E-state index contributed by atoms with van der Waals surface area (Å²) in [6.45, 7) is -0.888. The lowest BCUT2D eigenvalue weighted by atomic mass is 9.97. The zero-order chi connectivity index (χ0) is 12.7. The van der Waals surface area contributed by atoms with E-state index < -0.39 is 13.0 Å². The molecule has 0 aromatic heterocycles. The Hall–Kier alpha value is -0.970. The number of alkyl halides is 2. The quantitative estimate of drug-likeness (QED) is 0.729. The first kappa shape index (κ1) is 14.1. The second-order valence-electron chi connectivity index (χ2n) is 4.24. The molecule has 5 heteroatoms. The molecule has 0 spiro atoms. The van der Waals surface area contributed by atoms with Crippen molar-refractivity contribution < 1.29 is 18.7 Å². The number of halogens is 2. The number of rotatable bonds is 6. The highest BCUT2D eigenvalue weighted by atomic mass is 19.3. The zero-order valence-electron chi connectivity index (χ0n) is 9.87. The average Bonchev–Trinajstić information content (AvgIpc) is 2.29. The van der Waals surface area contributed by atoms with Crippen molar-refractivity contribution in [3.63, 3.8) is 0 Å². The smallest absolute Gasteiger partial charge is 0.255 e. The van der Waals surface area contributed by atoms with Crippen molar-refractivity contribution in [2.24, 2.45) is 0 Å². The molecule has 98 valence electrons. The summed E-state index contributed by atoms with van der Waals surface area (Å²) in [6.07, 6.45) is 3.74. The lowest BCUT2D eigenvalue weighted by Gasteiger charge is -2.22. The van der Waals surface area contributed by atoms with Crippen LogP contribution in [0.4, 0.5) is 8.78 Å². The van der Waals surface area contributed by atoms with Gasteiger partial charge in [0.2, 0.25) is 5.91 Å². The number of allylic oxidation sites excluding steroid dienone is 1. The minimum Gasteiger partial charge on any atom is -0.395 e. The molecule has 0 heterocycles. The largest absolute Gasteiger partial charge is 0.395 e. The molecule has 1 aliphatic rings. The van der Waals surface area contributed by atoms with Crippen molar-refractivity contribution in [3.8, 4) is 0 Å². The highest BCUT2D eigenvalue weighted by Gasteiger charge is 2.19. The summed E-state index contributed by atoms with van der Waals surface area (Å²) in [5, 5.41) is 8.75. The number of carbonyl (C=O) groups excluding carboxylic acids is 1. The molecule has 0 aromatic carbocycles. The predicted octanol–water partition coefficient (Wildman–Crippen LogP) is 1.96. The van der Waals surface area contributed by atoms with E-state index in [9.17, 15) is 13.6 Å². The highest BCUT2D eigenvalue weighted by molar-refractivity contribution is 5.78. The molecule has 0 bridgehead atoms. The summed E-state index contributed by atoms with van der Waals surface area (Å²) < 4.78 is 24.5. The molecule has 0 unspecified atom stereocenters. The van der Waals surface area contributed by atoms with Crippen molar-refractivity contribution in [1.29, 1.82) is 0 Å². The first-order valence-corrected chi connectivity index (χ1v) is 5.98. The Morgan fingerprint density at radius 3 is 2.76 bits per heavy atom. The van der Waals surface area contributed by atoms with Gasteiger partial charge >= 0.3 is 0 Å². The maximum atomic E-state index is 12.3. The number of aliphatic hydroxyl groups is 1. The fraction of sp³-hybridized carbons (Fsp3) is 0.750. The second kappa shape index (κ2) is 7.37. The van der Waals surface area contributed by atoms with Gasteiger partial charge in [0.1, 0.15) is 0 Å². The van der Waals surface area contributed by atoms with Crippen LogP contribution < -0.4 is 0 Å². The van der Waals surface area contributed by atoms with E-state index in [0.717, 1.165) is 36.2 Å². The Morgan fingerprint density at radius 1 is 1.47 bits per heavy atom. The standard InChI is InChI=1S/C12H19F2NO2/c13-11(14)9-15(6-7-16)12(17)8-10-4-2-1-3-5-10/h4,11,16H,1-3,5-9H2. The van der Waals surface area contributed by atoms with Gasteiger partial charge in [0.15, 0.2) is 0 Å². The third-order valence-corrected chi connectivity index (χ3v) is 2.84. The van der Waals surface area contributed by atoms with E-state index in [0.29, 0.717) is 0 Å². The lowest BCUT2D eigenvalue weighted by Crippen LogP contribution is -2.37. The monoisotopic (exact) mass is 247 g/mol. The normalized spacial score (nSPS) is 15.9. The Bertz CT molecular complexity index is 280. The number of amides is 1. The Labute approximate surface area is 100 Å². The summed E-state index contributed by atoms with van der Waals surface area (Å²) in [7, 11) is 0. The number of aliphatic hydroxyl groups excluding tert-OH is 1. The second-order valence-corrected chi connectivity index (χ2v) is 4.24. The molecule has 1 amide bonds. The lowest BCUT2D eigenvalue weighted by molar-refractivity contribution is -0.133. The van der Waals surface area contributed by atoms with Crippen LogP contribution in [-0.2, 0) is 4.79 Å². The van der Waals surface area contributed by atoms with Crippen LogP contribution in [0.25, 0.3) is 0 Å². The molecule has 0 aromatic rings. The van der Waals surface area contributed by atoms with Gasteiger partial charge in [-0.2, -0.15) is 0 Å². The number of nitrogens with zero attached hydrogens (tertiary/aromatic N) is 1. The minimum atomic E-state index is -2.55. The molecular weight excluding hydrogens is 228 g/mol. The topological polar surface area (TPSA) is 40.5 Å². The van der Waals surface area contributed by atoms with Crippen molar-refractivity contribution in [1.82, 2.24) is 4.90 Å². The van der Waals surface area contributed by atoms with Gasteiger partial charge in [0.25, 0.3) is 6.43 Å². The van der Waals surface area contributed by atoms with E-state index in [1.165, 1.54) is 0 Å². The van der Waals surface area contributed by atoms with Crippen LogP contribution in [0.5, 0.6) is 0 Å². The van der Waals surface area contributed by atoms with E-state index in [1.807, 2.05) is 6.08 Å². The van der Waals surface area contributed by atoms with Gasteiger partial charge in [-0.25, -0.2) is 8.78 Å². The number of carbonyl (C=O) groups is 1. The molecule has 0 fully saturated rings. The first-order valence-electron chi connectivity index (χ1n) is 5.98. The molecule has 1 rings (SSSR count). The van der Waals surface area contributed by atoms with Crippen LogP contribution in [0.1, 0.15) is 32.1 Å². The van der Waals surface area contributed by atoms with E-state index in [1.54, 1.807) is 0 Å². The van der Waals surface area contributed by atoms with Crippen LogP contribution in [0.3, 0.4) is 0 Å². The van der Waals surface area contributed by atoms with Crippen molar-refractivity contribution >= 4 is 5.91 Å². The molecule has 0 saturated heterocycles. The van der Waals surface area contributed by atoms with E-state index in [2.05, 4.69) is 0 Å². The third kappa shape index (κ3) is 5.26. The van der Waals surface area contributed by atoms with Gasteiger partial charge < -0.3 is 10.0 Å². The van der Waals surface area contributed by atoms with Crippen molar-refractivity contribution in [2.75, 3.05) is 19.7 Å². The van der Waals surface area contributed by atoms with Crippen LogP contribution in [0.2, 0.25) is 0 Å². The van der Waals surface area contributed by atoms with Crippen LogP contribution >= 0.6 is 0 Å². The summed E-state index contributed by atoms with van der Waals surface area (Å²) in [5.41, 5.74) is 1.04. The van der Waals surface area contributed by atoms with E-state index in [-0.39, 0.29) is 25.5 Å². The summed E-state index contributed by atoms with van der Waals surface area (Å²) >= 11 is 0. The molecule has 0 aliphatic heterocycles. The maximum absolute atomic E-state index is 12.3. The predicted molar refractivity (Wildman–Crippen MR) is 60.8 cm³/mol. The zero-order valence-corrected chi connectivity index (χ0v) is 9.87. The van der Waals surface area contributed by atoms with Gasteiger partial charge in [-0.3, -0.25) is 4.79 Å². The SMILES string of the molecule is O=C(CC1=CCCCC1)N(CCO)CC(F)F. The Kier molecular flexibility index (Phi) is 6.11. The fourth-order valence-corrected chi connectivity index (χ4v) is 1.98. The van der Waals surface area contributed by atoms with Gasteiger partial charge in [0, 0.05) is 13.0 Å². The molecule has 1 N–H and O–H groups in total. The minimum absolute atomic E-state index is 0.0174. The van der Waals surface area contributed by atoms with Crippen LogP contribution in [-0.4, -0.2) is 42.0 Å². The van der Waals surface area contributed by atoms with Gasteiger partial charge in [-0.15, -0.1) is 0 Å². The van der Waals surface area contributed by atoms with Gasteiger partial charge in [-0.05, 0) is 25.7 Å². The number of hydrogen-bond donors (Lipinski definition) is 1. The average molecular weight is 247 g/mol. The molecular formula is C12H19F2NO2. The summed E-state index contributed by atoms with van der Waals surface area (Å²) in [4.78, 5) is 12.8. The number of hydrogen-bond acceptors (Lipinski definition) is 2. The fourth-order valence-electron chi connectivity index (χ4n) is 1.98.